The van der Waals surface area contributed by atoms with E-state index in [2.05, 4.69) is 46.7 Å². The molecular weight excluding hydrogens is 424 g/mol. The first-order chi connectivity index (χ1) is 16.7. The van der Waals surface area contributed by atoms with E-state index in [1.807, 2.05) is 24.4 Å². The van der Waals surface area contributed by atoms with Gasteiger partial charge < -0.3 is 20.5 Å². The molecule has 0 spiro atoms. The molecule has 1 aromatic heterocycles. The monoisotopic (exact) mass is 466 g/mol. The van der Waals surface area contributed by atoms with Gasteiger partial charge >= 0.3 is 5.97 Å². The summed E-state index contributed by atoms with van der Waals surface area (Å²) in [5.74, 6) is 0.432. The summed E-state index contributed by atoms with van der Waals surface area (Å²) in [6, 6.07) is 14.2. The van der Waals surface area contributed by atoms with E-state index in [0.29, 0.717) is 12.5 Å². The number of carbonyl (C=O) groups is 1. The summed E-state index contributed by atoms with van der Waals surface area (Å²) in [4.78, 5) is 14.2. The van der Waals surface area contributed by atoms with E-state index >= 15 is 0 Å². The molecule has 2 atom stereocenters. The third-order valence-corrected chi connectivity index (χ3v) is 6.10. The molecule has 1 heterocycles. The number of hydrogen-bond acceptors (Lipinski definition) is 3. The second kappa shape index (κ2) is 17.7. The topological polar surface area (TPSA) is 85.3 Å². The van der Waals surface area contributed by atoms with E-state index in [1.54, 1.807) is 6.08 Å². The third kappa shape index (κ3) is 13.0. The van der Waals surface area contributed by atoms with Crippen molar-refractivity contribution in [2.75, 3.05) is 11.9 Å². The molecule has 4 N–H and O–H groups in total. The van der Waals surface area contributed by atoms with Gasteiger partial charge in [0.1, 0.15) is 5.82 Å². The molecule has 2 unspecified atom stereocenters. The summed E-state index contributed by atoms with van der Waals surface area (Å²) < 4.78 is 0. The largest absolute Gasteiger partial charge is 0.478 e. The molecule has 0 aliphatic rings. The molecule has 0 amide bonds. The van der Waals surface area contributed by atoms with Crippen molar-refractivity contribution < 1.29 is 15.0 Å². The Morgan fingerprint density at radius 1 is 0.853 bits per heavy atom. The maximum Gasteiger partial charge on any atom is 0.328 e. The van der Waals surface area contributed by atoms with Crippen molar-refractivity contribution in [3.63, 3.8) is 0 Å². The number of hydrogen-bond donors (Lipinski definition) is 4. The van der Waals surface area contributed by atoms with E-state index in [1.165, 1.54) is 50.2 Å². The first kappa shape index (κ1) is 27.5. The van der Waals surface area contributed by atoms with Crippen molar-refractivity contribution in [2.45, 2.75) is 76.7 Å². The number of aliphatic carboxylic acids is 1. The summed E-state index contributed by atoms with van der Waals surface area (Å²) in [6.45, 7) is 0.311. The van der Waals surface area contributed by atoms with Crippen LogP contribution in [0.2, 0.25) is 0 Å². The van der Waals surface area contributed by atoms with Crippen LogP contribution in [-0.2, 0) is 4.79 Å². The molecule has 34 heavy (non-hydrogen) atoms. The first-order valence-electron chi connectivity index (χ1n) is 12.8. The molecule has 5 nitrogen and oxygen atoms in total. The van der Waals surface area contributed by atoms with Crippen molar-refractivity contribution in [1.82, 2.24) is 4.98 Å². The van der Waals surface area contributed by atoms with E-state index in [4.69, 9.17) is 10.2 Å². The summed E-state index contributed by atoms with van der Waals surface area (Å²) in [5.41, 5.74) is 1.21. The Labute approximate surface area is 205 Å². The molecule has 1 aromatic carbocycles. The van der Waals surface area contributed by atoms with Crippen LogP contribution in [0.25, 0.3) is 6.08 Å². The molecule has 186 valence electrons. The lowest BCUT2D eigenvalue weighted by Crippen LogP contribution is -2.18. The van der Waals surface area contributed by atoms with Crippen LogP contribution in [-0.4, -0.2) is 33.8 Å². The Kier molecular flexibility index (Phi) is 14.3. The predicted molar refractivity (Wildman–Crippen MR) is 142 cm³/mol. The van der Waals surface area contributed by atoms with Crippen molar-refractivity contribution in [3.8, 4) is 0 Å². The van der Waals surface area contributed by atoms with Gasteiger partial charge in [0.2, 0.25) is 0 Å². The maximum atomic E-state index is 11.1. The quantitative estimate of drug-likeness (QED) is 0.132. The van der Waals surface area contributed by atoms with E-state index in [9.17, 15) is 4.79 Å². The van der Waals surface area contributed by atoms with E-state index < -0.39 is 5.97 Å². The summed E-state index contributed by atoms with van der Waals surface area (Å²) in [6.07, 6.45) is 21.9. The minimum absolute atomic E-state index is 0.0405. The lowest BCUT2D eigenvalue weighted by Gasteiger charge is -2.19. The highest BCUT2D eigenvalue weighted by atomic mass is 16.4. The number of carboxylic acids is 1. The number of aliphatic hydroxyl groups is 1. The summed E-state index contributed by atoms with van der Waals surface area (Å²) in [5, 5.41) is 21.3. The summed E-state index contributed by atoms with van der Waals surface area (Å²) >= 11 is 0. The zero-order valence-corrected chi connectivity index (χ0v) is 20.4. The second-order valence-electron chi connectivity index (χ2n) is 8.98. The van der Waals surface area contributed by atoms with Crippen LogP contribution in [0, 0.1) is 5.92 Å². The molecule has 0 aliphatic heterocycles. The van der Waals surface area contributed by atoms with Crippen LogP contribution in [0.4, 0.5) is 5.82 Å². The van der Waals surface area contributed by atoms with Gasteiger partial charge in [0.25, 0.3) is 0 Å². The van der Waals surface area contributed by atoms with Gasteiger partial charge in [-0.25, -0.2) is 4.79 Å². The lowest BCUT2D eigenvalue weighted by atomic mass is 9.92. The Balaban J connectivity index is 1.86. The SMILES string of the molecule is O=C(O)C=CC(CCC(C=Cc1ccccc1)CCCCCCCCCCO)Nc1ccc[nH]1. The van der Waals surface area contributed by atoms with E-state index in [0.717, 1.165) is 37.9 Å². The molecule has 0 radical (unpaired) electrons. The predicted octanol–water partition coefficient (Wildman–Crippen LogP) is 7.05. The van der Waals surface area contributed by atoms with Crippen molar-refractivity contribution in [1.29, 1.82) is 0 Å². The number of unbranched alkanes of at least 4 members (excludes halogenated alkanes) is 7. The van der Waals surface area contributed by atoms with Crippen LogP contribution in [0.3, 0.4) is 0 Å². The van der Waals surface area contributed by atoms with Gasteiger partial charge in [0.15, 0.2) is 0 Å². The molecule has 0 saturated carbocycles. The molecule has 0 saturated heterocycles. The smallest absolute Gasteiger partial charge is 0.328 e. The molecule has 2 rings (SSSR count). The Morgan fingerprint density at radius 2 is 1.56 bits per heavy atom. The van der Waals surface area contributed by atoms with Crippen LogP contribution in [0.5, 0.6) is 0 Å². The molecule has 0 bridgehead atoms. The Morgan fingerprint density at radius 3 is 2.21 bits per heavy atom. The minimum Gasteiger partial charge on any atom is -0.478 e. The average Bonchev–Trinajstić information content (AvgIpc) is 3.36. The number of aliphatic hydroxyl groups excluding tert-OH is 1. The van der Waals surface area contributed by atoms with Gasteiger partial charge in [-0.05, 0) is 49.3 Å². The van der Waals surface area contributed by atoms with E-state index in [-0.39, 0.29) is 6.04 Å². The fraction of sp³-hybridized carbons (Fsp3) is 0.483. The lowest BCUT2D eigenvalue weighted by molar-refractivity contribution is -0.131. The first-order valence-corrected chi connectivity index (χ1v) is 12.8. The van der Waals surface area contributed by atoms with Crippen LogP contribution >= 0.6 is 0 Å². The van der Waals surface area contributed by atoms with Gasteiger partial charge in [-0.1, -0.05) is 93.5 Å². The molecule has 5 heteroatoms. The standard InChI is InChI=1S/C29H42N2O3/c32-24-11-6-4-2-1-3-5-8-15-26(18-17-25-13-9-7-10-14-25)19-20-27(21-22-29(33)34)31-28-16-12-23-30-28/h7,9-10,12-14,16-18,21-23,26-27,30-32H,1-6,8,11,15,19-20,24H2,(H,33,34). The molecule has 0 fully saturated rings. The van der Waals surface area contributed by atoms with Crippen molar-refractivity contribution >= 4 is 17.9 Å². The van der Waals surface area contributed by atoms with Gasteiger partial charge in [-0.2, -0.15) is 0 Å². The molecular formula is C29H42N2O3. The zero-order chi connectivity index (χ0) is 24.3. The van der Waals surface area contributed by atoms with Crippen LogP contribution in [0.1, 0.15) is 76.2 Å². The second-order valence-corrected chi connectivity index (χ2v) is 8.98. The highest BCUT2D eigenvalue weighted by Crippen LogP contribution is 2.22. The number of benzene rings is 1. The Bertz CT molecular complexity index is 815. The van der Waals surface area contributed by atoms with Gasteiger partial charge in [0.05, 0.1) is 0 Å². The third-order valence-electron chi connectivity index (χ3n) is 6.10. The zero-order valence-electron chi connectivity index (χ0n) is 20.4. The number of carboxylic acid groups (broad SMARTS) is 1. The normalized spacial score (nSPS) is 13.4. The highest BCUT2D eigenvalue weighted by Gasteiger charge is 2.11. The van der Waals surface area contributed by atoms with Gasteiger partial charge in [-0.15, -0.1) is 0 Å². The number of anilines is 1. The van der Waals surface area contributed by atoms with Crippen molar-refractivity contribution in [2.24, 2.45) is 5.92 Å². The minimum atomic E-state index is -0.921. The van der Waals surface area contributed by atoms with Crippen LogP contribution < -0.4 is 5.32 Å². The number of nitrogens with one attached hydrogen (secondary N) is 2. The number of rotatable bonds is 19. The number of allylic oxidation sites excluding steroid dienone is 1. The fourth-order valence-electron chi connectivity index (χ4n) is 4.16. The fourth-order valence-corrected chi connectivity index (χ4v) is 4.16. The number of H-pyrrole nitrogens is 1. The van der Waals surface area contributed by atoms with Gasteiger partial charge in [-0.3, -0.25) is 0 Å². The molecule has 2 aromatic rings. The van der Waals surface area contributed by atoms with Gasteiger partial charge in [0, 0.05) is 24.9 Å². The number of aromatic nitrogens is 1. The van der Waals surface area contributed by atoms with Crippen molar-refractivity contribution in [3.05, 3.63) is 72.5 Å². The maximum absolute atomic E-state index is 11.1. The highest BCUT2D eigenvalue weighted by molar-refractivity contribution is 5.79. The summed E-state index contributed by atoms with van der Waals surface area (Å²) in [7, 11) is 0. The number of aromatic amines is 1. The Hall–Kier alpha value is -2.79. The molecule has 0 aliphatic carbocycles. The average molecular weight is 467 g/mol. The van der Waals surface area contributed by atoms with Crippen LogP contribution in [0.15, 0.2) is 66.9 Å².